The van der Waals surface area contributed by atoms with Gasteiger partial charge in [0.15, 0.2) is 5.82 Å². The maximum Gasteiger partial charge on any atom is 0.160 e. The summed E-state index contributed by atoms with van der Waals surface area (Å²) in [7, 11) is 0. The van der Waals surface area contributed by atoms with Crippen molar-refractivity contribution in [3.63, 3.8) is 0 Å². The molecule has 0 aromatic carbocycles. The molecule has 3 heterocycles. The number of hydrogen-bond donors (Lipinski definition) is 1. The van der Waals surface area contributed by atoms with Crippen LogP contribution in [0.3, 0.4) is 0 Å². The molecule has 0 radical (unpaired) electrons. The van der Waals surface area contributed by atoms with Crippen molar-refractivity contribution in [2.45, 2.75) is 43.4 Å². The van der Waals surface area contributed by atoms with Gasteiger partial charge in [-0.3, -0.25) is 0 Å². The first kappa shape index (κ1) is 10.4. The summed E-state index contributed by atoms with van der Waals surface area (Å²) in [5, 5.41) is 10.6. The molecular weight excluding hydrogens is 226 g/mol. The fourth-order valence-electron chi connectivity index (χ4n) is 2.89. The Kier molecular flexibility index (Phi) is 2.38. The summed E-state index contributed by atoms with van der Waals surface area (Å²) < 4.78 is 1.87. The predicted octanol–water partition coefficient (Wildman–Crippen LogP) is 1.44. The Morgan fingerprint density at radius 3 is 2.38 bits per heavy atom. The second kappa shape index (κ2) is 3.65. The Balaban J connectivity index is 1.91. The molecule has 0 spiro atoms. The Morgan fingerprint density at radius 2 is 1.81 bits per heavy atom. The first-order chi connectivity index (χ1) is 7.69. The molecule has 2 unspecified atom stereocenters. The van der Waals surface area contributed by atoms with Gasteiger partial charge in [0.25, 0.3) is 0 Å². The Bertz CT molecular complexity index is 372. The highest BCUT2D eigenvalue weighted by Gasteiger charge is 2.49. The van der Waals surface area contributed by atoms with Crippen molar-refractivity contribution in [1.82, 2.24) is 14.4 Å². The van der Waals surface area contributed by atoms with E-state index in [0.717, 1.165) is 12.8 Å². The third-order valence-electron chi connectivity index (χ3n) is 3.66. The van der Waals surface area contributed by atoms with E-state index in [4.69, 9.17) is 11.8 Å². The van der Waals surface area contributed by atoms with Crippen molar-refractivity contribution in [3.8, 4) is 0 Å². The first-order valence-electron chi connectivity index (χ1n) is 5.63. The zero-order valence-electron chi connectivity index (χ0n) is 8.88. The van der Waals surface area contributed by atoms with Crippen LogP contribution in [0, 0.1) is 0 Å². The highest BCUT2D eigenvalue weighted by molar-refractivity contribution is 6.14. The van der Waals surface area contributed by atoms with Crippen LogP contribution < -0.4 is 0 Å². The molecule has 1 N–H and O–H groups in total. The maximum absolute atomic E-state index is 10.6. The lowest BCUT2D eigenvalue weighted by atomic mass is 9.86. The van der Waals surface area contributed by atoms with Gasteiger partial charge in [0, 0.05) is 37.3 Å². The molecule has 3 rings (SSSR count). The van der Waals surface area contributed by atoms with Crippen LogP contribution in [0.15, 0.2) is 18.5 Å². The van der Waals surface area contributed by atoms with Crippen LogP contribution in [0.4, 0.5) is 0 Å². The molecule has 0 aliphatic carbocycles. The topological polar surface area (TPSA) is 49.3 Å². The fourth-order valence-corrected chi connectivity index (χ4v) is 3.23. The van der Waals surface area contributed by atoms with E-state index in [2.05, 4.69) is 9.97 Å². The fraction of sp³-hybridized carbons (Fsp3) is 0.636. The highest BCUT2D eigenvalue weighted by Crippen LogP contribution is 2.45. The van der Waals surface area contributed by atoms with Crippen molar-refractivity contribution >= 4 is 11.8 Å². The summed E-state index contributed by atoms with van der Waals surface area (Å²) >= 11 is 6.18. The number of fused-ring (bicyclic) bond motifs is 2. The third-order valence-corrected chi connectivity index (χ3v) is 4.21. The lowest BCUT2D eigenvalue weighted by molar-refractivity contribution is -0.0409. The number of nitrogens with zero attached hydrogens (tertiary/aromatic N) is 3. The van der Waals surface area contributed by atoms with Gasteiger partial charge < -0.3 is 5.11 Å². The summed E-state index contributed by atoms with van der Waals surface area (Å²) in [6.45, 7) is 0. The molecule has 2 aliphatic heterocycles. The number of aliphatic hydroxyl groups is 1. The molecule has 86 valence electrons. The largest absolute Gasteiger partial charge is 0.382 e. The van der Waals surface area contributed by atoms with E-state index in [1.165, 1.54) is 0 Å². The predicted molar refractivity (Wildman–Crippen MR) is 59.7 cm³/mol. The Labute approximate surface area is 99.4 Å². The molecule has 0 saturated carbocycles. The second-order valence-electron chi connectivity index (χ2n) is 4.74. The zero-order valence-corrected chi connectivity index (χ0v) is 9.64. The summed E-state index contributed by atoms with van der Waals surface area (Å²) in [6.07, 6.45) is 6.74. The van der Waals surface area contributed by atoms with E-state index in [1.807, 2.05) is 4.42 Å². The molecule has 0 amide bonds. The van der Waals surface area contributed by atoms with Gasteiger partial charge in [0.05, 0.1) is 0 Å². The van der Waals surface area contributed by atoms with E-state index >= 15 is 0 Å². The lowest BCUT2D eigenvalue weighted by Gasteiger charge is -2.39. The molecule has 5 heteroatoms. The van der Waals surface area contributed by atoms with Gasteiger partial charge in [-0.1, -0.05) is 0 Å². The molecule has 1 aromatic rings. The summed E-state index contributed by atoms with van der Waals surface area (Å²) in [5.41, 5.74) is -0.890. The van der Waals surface area contributed by atoms with Crippen LogP contribution in [-0.4, -0.2) is 31.6 Å². The van der Waals surface area contributed by atoms with Gasteiger partial charge in [0.1, 0.15) is 5.60 Å². The molecule has 1 aromatic heterocycles. The summed E-state index contributed by atoms with van der Waals surface area (Å²) in [5.74, 6) is 0.539. The molecule has 2 bridgehead atoms. The number of aromatic nitrogens is 2. The van der Waals surface area contributed by atoms with E-state index in [0.29, 0.717) is 18.7 Å². The normalized spacial score (nSPS) is 38.9. The van der Waals surface area contributed by atoms with Crippen LogP contribution in [0.5, 0.6) is 0 Å². The minimum atomic E-state index is -0.890. The average Bonchev–Trinajstić information content (AvgIpc) is 2.54. The second-order valence-corrected chi connectivity index (χ2v) is 5.13. The molecule has 2 saturated heterocycles. The summed E-state index contributed by atoms with van der Waals surface area (Å²) in [6, 6.07) is 2.28. The first-order valence-corrected chi connectivity index (χ1v) is 5.97. The van der Waals surface area contributed by atoms with Gasteiger partial charge in [-0.25, -0.2) is 14.4 Å². The highest BCUT2D eigenvalue weighted by atomic mass is 35.5. The van der Waals surface area contributed by atoms with E-state index in [1.54, 1.807) is 18.5 Å². The third kappa shape index (κ3) is 1.52. The van der Waals surface area contributed by atoms with Crippen LogP contribution in [-0.2, 0) is 5.60 Å². The maximum atomic E-state index is 10.6. The van der Waals surface area contributed by atoms with Gasteiger partial charge in [-0.2, -0.15) is 0 Å². The Hall–Kier alpha value is -0.710. The van der Waals surface area contributed by atoms with Gasteiger partial charge >= 0.3 is 0 Å². The van der Waals surface area contributed by atoms with E-state index in [-0.39, 0.29) is 12.1 Å². The molecule has 2 fully saturated rings. The van der Waals surface area contributed by atoms with Crippen LogP contribution in [0.2, 0.25) is 0 Å². The number of rotatable bonds is 1. The minimum absolute atomic E-state index is 0.259. The van der Waals surface area contributed by atoms with Crippen LogP contribution >= 0.6 is 11.8 Å². The zero-order chi connectivity index (χ0) is 11.2. The summed E-state index contributed by atoms with van der Waals surface area (Å²) in [4.78, 5) is 8.35. The van der Waals surface area contributed by atoms with E-state index < -0.39 is 5.60 Å². The monoisotopic (exact) mass is 239 g/mol. The van der Waals surface area contributed by atoms with Crippen LogP contribution in [0.25, 0.3) is 0 Å². The molecule has 4 nitrogen and oxygen atoms in total. The average molecular weight is 240 g/mol. The smallest absolute Gasteiger partial charge is 0.160 e. The van der Waals surface area contributed by atoms with Crippen molar-refractivity contribution in [3.05, 3.63) is 24.3 Å². The molecule has 16 heavy (non-hydrogen) atoms. The molecule has 2 aliphatic rings. The van der Waals surface area contributed by atoms with Crippen molar-refractivity contribution < 1.29 is 5.11 Å². The molecule has 2 atom stereocenters. The van der Waals surface area contributed by atoms with Gasteiger partial charge in [0.2, 0.25) is 0 Å². The van der Waals surface area contributed by atoms with Gasteiger partial charge in [-0.15, -0.1) is 0 Å². The number of piperidine rings is 1. The molecular formula is C11H14ClN3O. The standard InChI is InChI=1S/C11H14ClN3O/c12-15-8-2-3-9(15)7-11(16,6-8)10-13-4-1-5-14-10/h1,4-5,8-9,16H,2-3,6-7H2. The van der Waals surface area contributed by atoms with E-state index in [9.17, 15) is 5.11 Å². The number of halogens is 1. The lowest BCUT2D eigenvalue weighted by Crippen LogP contribution is -2.46. The SMILES string of the molecule is OC1(c2ncccn2)CC2CCC(C1)N2Cl. The van der Waals surface area contributed by atoms with Crippen molar-refractivity contribution in [2.75, 3.05) is 0 Å². The van der Waals surface area contributed by atoms with Crippen molar-refractivity contribution in [1.29, 1.82) is 0 Å². The number of hydrogen-bond acceptors (Lipinski definition) is 4. The minimum Gasteiger partial charge on any atom is -0.382 e. The van der Waals surface area contributed by atoms with Gasteiger partial charge in [-0.05, 0) is 30.7 Å². The van der Waals surface area contributed by atoms with Crippen molar-refractivity contribution in [2.24, 2.45) is 0 Å². The quantitative estimate of drug-likeness (QED) is 0.754. The Morgan fingerprint density at radius 1 is 1.25 bits per heavy atom. The van der Waals surface area contributed by atoms with Crippen LogP contribution in [0.1, 0.15) is 31.5 Å².